The van der Waals surface area contributed by atoms with Gasteiger partial charge in [-0.15, -0.1) is 11.3 Å². The fraction of sp³-hybridized carbons (Fsp3) is 0.643. The Morgan fingerprint density at radius 3 is 2.74 bits per heavy atom. The number of hydrogen-bond acceptors (Lipinski definition) is 4. The van der Waals surface area contributed by atoms with Gasteiger partial charge in [-0.25, -0.2) is 4.79 Å². The molecule has 0 aromatic carbocycles. The number of aryl methyl sites for hydroxylation is 1. The van der Waals surface area contributed by atoms with E-state index in [-0.39, 0.29) is 0 Å². The SMILES string of the molecule is Cc1sc(C(=O)O)cc1CNCCCN(C)C(C)C. The highest BCUT2D eigenvalue weighted by Gasteiger charge is 2.10. The van der Waals surface area contributed by atoms with Gasteiger partial charge in [-0.05, 0) is 59.0 Å². The van der Waals surface area contributed by atoms with Crippen molar-refractivity contribution in [3.63, 3.8) is 0 Å². The van der Waals surface area contributed by atoms with Crippen LogP contribution in [0.1, 0.15) is 40.4 Å². The summed E-state index contributed by atoms with van der Waals surface area (Å²) in [5.74, 6) is -0.835. The summed E-state index contributed by atoms with van der Waals surface area (Å²) >= 11 is 1.35. The Morgan fingerprint density at radius 1 is 1.53 bits per heavy atom. The second-order valence-electron chi connectivity index (χ2n) is 5.10. The first-order valence-corrected chi connectivity index (χ1v) is 7.47. The van der Waals surface area contributed by atoms with E-state index in [9.17, 15) is 4.79 Å². The van der Waals surface area contributed by atoms with Gasteiger partial charge in [0, 0.05) is 17.5 Å². The first-order valence-electron chi connectivity index (χ1n) is 6.65. The summed E-state index contributed by atoms with van der Waals surface area (Å²) in [6, 6.07) is 2.35. The van der Waals surface area contributed by atoms with Crippen LogP contribution in [0, 0.1) is 6.92 Å². The molecule has 0 saturated carbocycles. The van der Waals surface area contributed by atoms with E-state index < -0.39 is 5.97 Å². The number of nitrogens with one attached hydrogen (secondary N) is 1. The molecule has 5 heteroatoms. The maximum atomic E-state index is 10.9. The number of carboxylic acids is 1. The molecule has 0 amide bonds. The predicted octanol–water partition coefficient (Wildman–Crippen LogP) is 2.57. The summed E-state index contributed by atoms with van der Waals surface area (Å²) in [5.41, 5.74) is 1.10. The topological polar surface area (TPSA) is 52.6 Å². The molecule has 0 aliphatic carbocycles. The number of thiophene rings is 1. The Kier molecular flexibility index (Phi) is 6.48. The molecule has 0 atom stereocenters. The van der Waals surface area contributed by atoms with Gasteiger partial charge in [0.1, 0.15) is 4.88 Å². The highest BCUT2D eigenvalue weighted by Crippen LogP contribution is 2.21. The van der Waals surface area contributed by atoms with Crippen LogP contribution in [-0.2, 0) is 6.54 Å². The summed E-state index contributed by atoms with van der Waals surface area (Å²) in [7, 11) is 2.13. The van der Waals surface area contributed by atoms with Gasteiger partial charge in [0.2, 0.25) is 0 Å². The van der Waals surface area contributed by atoms with Crippen molar-refractivity contribution in [2.24, 2.45) is 0 Å². The molecule has 19 heavy (non-hydrogen) atoms. The summed E-state index contributed by atoms with van der Waals surface area (Å²) in [6.45, 7) is 9.13. The summed E-state index contributed by atoms with van der Waals surface area (Å²) < 4.78 is 0. The quantitative estimate of drug-likeness (QED) is 0.720. The number of nitrogens with zero attached hydrogens (tertiary/aromatic N) is 1. The smallest absolute Gasteiger partial charge is 0.345 e. The van der Waals surface area contributed by atoms with Gasteiger partial charge in [0.15, 0.2) is 0 Å². The van der Waals surface area contributed by atoms with Crippen molar-refractivity contribution in [1.82, 2.24) is 10.2 Å². The fourth-order valence-electron chi connectivity index (χ4n) is 1.74. The third-order valence-corrected chi connectivity index (χ3v) is 4.37. The predicted molar refractivity (Wildman–Crippen MR) is 80.1 cm³/mol. The van der Waals surface area contributed by atoms with Crippen LogP contribution in [0.2, 0.25) is 0 Å². The normalized spacial score (nSPS) is 11.5. The molecule has 1 aromatic rings. The van der Waals surface area contributed by atoms with Crippen molar-refractivity contribution in [2.75, 3.05) is 20.1 Å². The van der Waals surface area contributed by atoms with E-state index in [0.717, 1.165) is 36.5 Å². The standard InChI is InChI=1S/C14H24N2O2S/c1-10(2)16(4)7-5-6-15-9-12-8-13(14(17)18)19-11(12)3/h8,10,15H,5-7,9H2,1-4H3,(H,17,18). The van der Waals surface area contributed by atoms with E-state index in [1.165, 1.54) is 11.3 Å². The highest BCUT2D eigenvalue weighted by atomic mass is 32.1. The number of carboxylic acid groups (broad SMARTS) is 1. The number of aromatic carboxylic acids is 1. The first-order chi connectivity index (χ1) is 8.91. The molecule has 0 radical (unpaired) electrons. The van der Waals surface area contributed by atoms with Crippen LogP contribution in [0.15, 0.2) is 6.07 Å². The highest BCUT2D eigenvalue weighted by molar-refractivity contribution is 7.14. The molecule has 0 aliphatic rings. The zero-order chi connectivity index (χ0) is 14.4. The number of hydrogen-bond donors (Lipinski definition) is 2. The zero-order valence-corrected chi connectivity index (χ0v) is 13.0. The first kappa shape index (κ1) is 16.1. The van der Waals surface area contributed by atoms with Crippen LogP contribution in [-0.4, -0.2) is 42.2 Å². The van der Waals surface area contributed by atoms with Crippen molar-refractivity contribution in [2.45, 2.75) is 39.8 Å². The Labute approximate surface area is 119 Å². The van der Waals surface area contributed by atoms with Gasteiger partial charge in [-0.1, -0.05) is 0 Å². The Hall–Kier alpha value is -0.910. The zero-order valence-electron chi connectivity index (χ0n) is 12.2. The lowest BCUT2D eigenvalue weighted by atomic mass is 10.2. The van der Waals surface area contributed by atoms with Crippen molar-refractivity contribution in [1.29, 1.82) is 0 Å². The van der Waals surface area contributed by atoms with E-state index in [0.29, 0.717) is 10.9 Å². The minimum Gasteiger partial charge on any atom is -0.477 e. The average molecular weight is 284 g/mol. The Bertz CT molecular complexity index is 416. The lowest BCUT2D eigenvalue weighted by Crippen LogP contribution is -2.29. The monoisotopic (exact) mass is 284 g/mol. The molecule has 0 spiro atoms. The van der Waals surface area contributed by atoms with Crippen LogP contribution in [0.5, 0.6) is 0 Å². The third-order valence-electron chi connectivity index (χ3n) is 3.29. The largest absolute Gasteiger partial charge is 0.477 e. The van der Waals surface area contributed by atoms with Crippen LogP contribution in [0.4, 0.5) is 0 Å². The van der Waals surface area contributed by atoms with Gasteiger partial charge in [-0.2, -0.15) is 0 Å². The molecular weight excluding hydrogens is 260 g/mol. The van der Waals surface area contributed by atoms with E-state index in [1.54, 1.807) is 6.07 Å². The van der Waals surface area contributed by atoms with E-state index in [2.05, 4.69) is 31.1 Å². The summed E-state index contributed by atoms with van der Waals surface area (Å²) in [6.07, 6.45) is 1.10. The second-order valence-corrected chi connectivity index (χ2v) is 6.36. The molecule has 1 heterocycles. The fourth-order valence-corrected chi connectivity index (χ4v) is 2.62. The lowest BCUT2D eigenvalue weighted by molar-refractivity contribution is 0.0702. The van der Waals surface area contributed by atoms with E-state index in [1.807, 2.05) is 6.92 Å². The molecule has 1 rings (SSSR count). The minimum atomic E-state index is -0.835. The van der Waals surface area contributed by atoms with Gasteiger partial charge < -0.3 is 15.3 Å². The summed E-state index contributed by atoms with van der Waals surface area (Å²) in [4.78, 5) is 14.7. The van der Waals surface area contributed by atoms with Crippen molar-refractivity contribution in [3.05, 3.63) is 21.4 Å². The van der Waals surface area contributed by atoms with Gasteiger partial charge in [0.25, 0.3) is 0 Å². The Morgan fingerprint density at radius 2 is 2.21 bits per heavy atom. The molecule has 2 N–H and O–H groups in total. The van der Waals surface area contributed by atoms with Crippen LogP contribution in [0.25, 0.3) is 0 Å². The van der Waals surface area contributed by atoms with E-state index in [4.69, 9.17) is 5.11 Å². The Balaban J connectivity index is 2.28. The molecule has 0 aliphatic heterocycles. The lowest BCUT2D eigenvalue weighted by Gasteiger charge is -2.20. The maximum Gasteiger partial charge on any atom is 0.345 e. The van der Waals surface area contributed by atoms with Crippen molar-refractivity contribution < 1.29 is 9.90 Å². The molecule has 0 fully saturated rings. The number of carbonyl (C=O) groups is 1. The maximum absolute atomic E-state index is 10.9. The molecule has 4 nitrogen and oxygen atoms in total. The molecule has 0 bridgehead atoms. The van der Waals surface area contributed by atoms with Crippen LogP contribution in [0.3, 0.4) is 0 Å². The minimum absolute atomic E-state index is 0.425. The van der Waals surface area contributed by atoms with Gasteiger partial charge in [-0.3, -0.25) is 0 Å². The molecule has 1 aromatic heterocycles. The van der Waals surface area contributed by atoms with Gasteiger partial charge in [0.05, 0.1) is 0 Å². The molecule has 0 saturated heterocycles. The van der Waals surface area contributed by atoms with Crippen LogP contribution < -0.4 is 5.32 Å². The van der Waals surface area contributed by atoms with Crippen molar-refractivity contribution in [3.8, 4) is 0 Å². The van der Waals surface area contributed by atoms with Crippen molar-refractivity contribution >= 4 is 17.3 Å². The molecule has 0 unspecified atom stereocenters. The van der Waals surface area contributed by atoms with Gasteiger partial charge >= 0.3 is 5.97 Å². The third kappa shape index (κ3) is 5.30. The van der Waals surface area contributed by atoms with Crippen LogP contribution >= 0.6 is 11.3 Å². The van der Waals surface area contributed by atoms with E-state index >= 15 is 0 Å². The molecular formula is C14H24N2O2S. The molecule has 108 valence electrons. The second kappa shape index (κ2) is 7.62. The summed E-state index contributed by atoms with van der Waals surface area (Å²) in [5, 5.41) is 12.3. The average Bonchev–Trinajstić information content (AvgIpc) is 2.70. The number of rotatable bonds is 8.